The molecule has 25 heavy (non-hydrogen) atoms. The Morgan fingerprint density at radius 1 is 1.28 bits per heavy atom. The number of amides is 3. The second-order valence-corrected chi connectivity index (χ2v) is 7.56. The molecule has 1 unspecified atom stereocenters. The normalized spacial score (nSPS) is 25.0. The maximum Gasteiger partial charge on any atom is 0.253 e. The van der Waals surface area contributed by atoms with Gasteiger partial charge in [-0.2, -0.15) is 5.06 Å². The molecule has 1 atom stereocenters. The van der Waals surface area contributed by atoms with Crippen LogP contribution in [-0.4, -0.2) is 68.7 Å². The lowest BCUT2D eigenvalue weighted by Crippen LogP contribution is -2.50. The molecule has 140 valence electrons. The third-order valence-corrected chi connectivity index (χ3v) is 4.97. The molecule has 1 saturated heterocycles. The first-order valence-corrected chi connectivity index (χ1v) is 8.49. The molecule has 1 fully saturated rings. The van der Waals surface area contributed by atoms with Gasteiger partial charge in [0.05, 0.1) is 24.6 Å². The zero-order chi connectivity index (χ0) is 19.0. The Bertz CT molecular complexity index is 581. The van der Waals surface area contributed by atoms with Gasteiger partial charge in [0.15, 0.2) is 0 Å². The van der Waals surface area contributed by atoms with Crippen molar-refractivity contribution in [2.24, 2.45) is 5.92 Å². The Kier molecular flexibility index (Phi) is 5.36. The maximum atomic E-state index is 12.9. The van der Waals surface area contributed by atoms with E-state index in [9.17, 15) is 19.6 Å². The summed E-state index contributed by atoms with van der Waals surface area (Å²) in [7, 11) is 0. The van der Waals surface area contributed by atoms with E-state index in [0.29, 0.717) is 13.0 Å². The standard InChI is InChI=1S/C17H27N3O5/c1-6-19(25-10-9-18-13(21)7-8-14(18)22)15(23)12-11-16(2,3)20(24)17(12,4)5/h7-8,12,24H,6,9-11H2,1-5H3. The Morgan fingerprint density at radius 2 is 1.84 bits per heavy atom. The van der Waals surface area contributed by atoms with Gasteiger partial charge in [-0.05, 0) is 41.0 Å². The molecule has 2 aliphatic heterocycles. The first-order chi connectivity index (χ1) is 11.5. The fraction of sp³-hybridized carbons (Fsp3) is 0.706. The zero-order valence-corrected chi connectivity index (χ0v) is 15.5. The first-order valence-electron chi connectivity index (χ1n) is 8.49. The smallest absolute Gasteiger partial charge is 0.253 e. The molecule has 8 heteroatoms. The summed E-state index contributed by atoms with van der Waals surface area (Å²) in [6.07, 6.45) is 2.93. The number of carbonyl (C=O) groups is 3. The molecule has 2 aliphatic rings. The van der Waals surface area contributed by atoms with Crippen LogP contribution in [0.1, 0.15) is 41.0 Å². The highest BCUT2D eigenvalue weighted by molar-refractivity contribution is 6.12. The van der Waals surface area contributed by atoms with E-state index in [1.54, 1.807) is 6.92 Å². The van der Waals surface area contributed by atoms with Crippen LogP contribution in [0.3, 0.4) is 0 Å². The van der Waals surface area contributed by atoms with Crippen LogP contribution in [0.5, 0.6) is 0 Å². The maximum absolute atomic E-state index is 12.9. The fourth-order valence-corrected chi connectivity index (χ4v) is 3.53. The van der Waals surface area contributed by atoms with Gasteiger partial charge in [0.2, 0.25) is 0 Å². The molecule has 2 rings (SSSR count). The minimum absolute atomic E-state index is 0.0398. The van der Waals surface area contributed by atoms with Gasteiger partial charge < -0.3 is 5.21 Å². The van der Waals surface area contributed by atoms with Gasteiger partial charge in [0.25, 0.3) is 17.7 Å². The predicted octanol–water partition coefficient (Wildman–Crippen LogP) is 0.960. The van der Waals surface area contributed by atoms with Crippen molar-refractivity contribution in [2.45, 2.75) is 52.1 Å². The summed E-state index contributed by atoms with van der Waals surface area (Å²) in [5, 5.41) is 12.9. The van der Waals surface area contributed by atoms with E-state index in [4.69, 9.17) is 4.84 Å². The Hall–Kier alpha value is -1.77. The van der Waals surface area contributed by atoms with Gasteiger partial charge >= 0.3 is 0 Å². The van der Waals surface area contributed by atoms with Gasteiger partial charge in [-0.25, -0.2) is 5.06 Å². The molecule has 0 aromatic heterocycles. The second-order valence-electron chi connectivity index (χ2n) is 7.56. The van der Waals surface area contributed by atoms with Crippen molar-refractivity contribution < 1.29 is 24.4 Å². The van der Waals surface area contributed by atoms with Crippen LogP contribution in [0, 0.1) is 5.92 Å². The Labute approximate surface area is 147 Å². The van der Waals surface area contributed by atoms with Crippen molar-refractivity contribution in [2.75, 3.05) is 19.7 Å². The molecule has 0 aromatic carbocycles. The van der Waals surface area contributed by atoms with Crippen LogP contribution in [0.15, 0.2) is 12.2 Å². The van der Waals surface area contributed by atoms with E-state index in [-0.39, 0.29) is 30.9 Å². The number of imide groups is 1. The van der Waals surface area contributed by atoms with E-state index in [1.165, 1.54) is 22.3 Å². The molecule has 2 heterocycles. The Morgan fingerprint density at radius 3 is 2.28 bits per heavy atom. The molecule has 1 N–H and O–H groups in total. The lowest BCUT2D eigenvalue weighted by Gasteiger charge is -2.36. The SMILES string of the molecule is CCN(OCCN1C(=O)C=CC1=O)C(=O)C1CC(C)(C)N(O)C1(C)C. The minimum atomic E-state index is -0.720. The lowest BCUT2D eigenvalue weighted by atomic mass is 9.86. The van der Waals surface area contributed by atoms with Crippen molar-refractivity contribution in [3.05, 3.63) is 12.2 Å². The average molecular weight is 353 g/mol. The monoisotopic (exact) mass is 353 g/mol. The van der Waals surface area contributed by atoms with Crippen LogP contribution in [0.4, 0.5) is 0 Å². The van der Waals surface area contributed by atoms with Crippen LogP contribution in [-0.2, 0) is 19.2 Å². The highest BCUT2D eigenvalue weighted by Gasteiger charge is 2.55. The van der Waals surface area contributed by atoms with Gasteiger partial charge in [-0.3, -0.25) is 24.1 Å². The number of hydrogen-bond donors (Lipinski definition) is 1. The van der Waals surface area contributed by atoms with Gasteiger partial charge in [0.1, 0.15) is 0 Å². The summed E-state index contributed by atoms with van der Waals surface area (Å²) < 4.78 is 0. The summed E-state index contributed by atoms with van der Waals surface area (Å²) in [5.41, 5.74) is -1.23. The van der Waals surface area contributed by atoms with Crippen molar-refractivity contribution >= 4 is 17.7 Å². The molecule has 0 radical (unpaired) electrons. The largest absolute Gasteiger partial charge is 0.313 e. The number of hydrogen-bond acceptors (Lipinski definition) is 6. The van der Waals surface area contributed by atoms with E-state index in [2.05, 4.69) is 0 Å². The molecular weight excluding hydrogens is 326 g/mol. The van der Waals surface area contributed by atoms with Crippen LogP contribution in [0.25, 0.3) is 0 Å². The summed E-state index contributed by atoms with van der Waals surface area (Å²) in [5.74, 6) is -1.39. The molecular formula is C17H27N3O5. The molecule has 3 amide bonds. The highest BCUT2D eigenvalue weighted by Crippen LogP contribution is 2.44. The summed E-state index contributed by atoms with van der Waals surface area (Å²) >= 11 is 0. The highest BCUT2D eigenvalue weighted by atomic mass is 16.7. The molecule has 8 nitrogen and oxygen atoms in total. The van der Waals surface area contributed by atoms with E-state index in [0.717, 1.165) is 4.90 Å². The van der Waals surface area contributed by atoms with Crippen molar-refractivity contribution in [1.82, 2.24) is 15.0 Å². The quantitative estimate of drug-likeness (QED) is 0.565. The fourth-order valence-electron chi connectivity index (χ4n) is 3.53. The third kappa shape index (κ3) is 3.61. The van der Waals surface area contributed by atoms with Crippen LogP contribution < -0.4 is 0 Å². The van der Waals surface area contributed by atoms with Crippen molar-refractivity contribution in [3.63, 3.8) is 0 Å². The van der Waals surface area contributed by atoms with Crippen LogP contribution in [0.2, 0.25) is 0 Å². The topological polar surface area (TPSA) is 90.4 Å². The van der Waals surface area contributed by atoms with Crippen molar-refractivity contribution in [3.8, 4) is 0 Å². The van der Waals surface area contributed by atoms with Gasteiger partial charge in [-0.15, -0.1) is 0 Å². The van der Waals surface area contributed by atoms with E-state index < -0.39 is 17.0 Å². The van der Waals surface area contributed by atoms with E-state index in [1.807, 2.05) is 27.7 Å². The number of nitrogens with zero attached hydrogens (tertiary/aromatic N) is 3. The minimum Gasteiger partial charge on any atom is -0.313 e. The molecule has 0 aliphatic carbocycles. The number of hydroxylamine groups is 4. The molecule has 0 aromatic rings. The first kappa shape index (κ1) is 19.6. The summed E-state index contributed by atoms with van der Waals surface area (Å²) in [4.78, 5) is 42.5. The van der Waals surface area contributed by atoms with Crippen molar-refractivity contribution in [1.29, 1.82) is 0 Å². The molecule has 0 bridgehead atoms. The summed E-state index contributed by atoms with van der Waals surface area (Å²) in [6.45, 7) is 9.66. The summed E-state index contributed by atoms with van der Waals surface area (Å²) in [6, 6.07) is 0. The molecule has 0 spiro atoms. The van der Waals surface area contributed by atoms with Gasteiger partial charge in [0, 0.05) is 24.2 Å². The third-order valence-electron chi connectivity index (χ3n) is 4.97. The molecule has 0 saturated carbocycles. The average Bonchev–Trinajstić information content (AvgIpc) is 2.94. The van der Waals surface area contributed by atoms with Crippen LogP contribution >= 0.6 is 0 Å². The number of rotatable bonds is 6. The lowest BCUT2D eigenvalue weighted by molar-refractivity contribution is -0.209. The van der Waals surface area contributed by atoms with E-state index >= 15 is 0 Å². The number of carbonyl (C=O) groups excluding carboxylic acids is 3. The predicted molar refractivity (Wildman–Crippen MR) is 89.1 cm³/mol. The van der Waals surface area contributed by atoms with Gasteiger partial charge in [-0.1, -0.05) is 0 Å². The second kappa shape index (κ2) is 6.86. The zero-order valence-electron chi connectivity index (χ0n) is 15.5. The Balaban J connectivity index is 1.97.